The van der Waals surface area contributed by atoms with Crippen LogP contribution in [0.4, 0.5) is 10.1 Å². The van der Waals surface area contributed by atoms with Gasteiger partial charge in [0.15, 0.2) is 5.76 Å². The summed E-state index contributed by atoms with van der Waals surface area (Å²) in [6.07, 6.45) is 8.23. The zero-order valence-electron chi connectivity index (χ0n) is 16.3. The van der Waals surface area contributed by atoms with E-state index in [1.54, 1.807) is 13.0 Å². The molecule has 1 atom stereocenters. The highest BCUT2D eigenvalue weighted by Gasteiger charge is 2.34. The highest BCUT2D eigenvalue weighted by atomic mass is 19.1. The Morgan fingerprint density at radius 1 is 1.04 bits per heavy atom. The van der Waals surface area contributed by atoms with Crippen LogP contribution in [0.2, 0.25) is 0 Å². The fraction of sp³-hybridized carbons (Fsp3) is 0.522. The Bertz CT molecular complexity index is 938. The normalized spacial score (nSPS) is 23.1. The molecule has 1 aromatic heterocycles. The summed E-state index contributed by atoms with van der Waals surface area (Å²) >= 11 is 0. The maximum absolute atomic E-state index is 14.8. The van der Waals surface area contributed by atoms with Gasteiger partial charge in [0.2, 0.25) is 0 Å². The number of aliphatic hydroxyl groups is 1. The standard InChI is InChI=1S/C23H26FNO3/c1-23(27)11-3-2-10-18-17(23)12-19(28-18)22(26)25-21-15-8-4-6-13(15)20(24)14-7-5-9-16(14)21/h12,27H,2-11H2,1H3,(H,25,26). The molecule has 1 aromatic carbocycles. The van der Waals surface area contributed by atoms with Gasteiger partial charge in [0.1, 0.15) is 11.6 Å². The Kier molecular flexibility index (Phi) is 4.13. The van der Waals surface area contributed by atoms with Gasteiger partial charge in [-0.2, -0.15) is 0 Å². The van der Waals surface area contributed by atoms with E-state index >= 15 is 0 Å². The summed E-state index contributed by atoms with van der Waals surface area (Å²) in [6, 6.07) is 1.69. The lowest BCUT2D eigenvalue weighted by molar-refractivity contribution is 0.0468. The summed E-state index contributed by atoms with van der Waals surface area (Å²) in [5.74, 6) is 0.592. The SMILES string of the molecule is CC1(O)CCCCc2oc(C(=O)Nc3c4c(c(F)c5c3CCC5)CCC4)cc21. The molecule has 0 radical (unpaired) electrons. The summed E-state index contributed by atoms with van der Waals surface area (Å²) in [4.78, 5) is 13.0. The van der Waals surface area contributed by atoms with E-state index in [4.69, 9.17) is 4.42 Å². The lowest BCUT2D eigenvalue weighted by atomic mass is 9.93. The third-order valence-corrected chi connectivity index (χ3v) is 6.74. The number of anilines is 1. The molecule has 0 saturated heterocycles. The first-order valence-corrected chi connectivity index (χ1v) is 10.5. The van der Waals surface area contributed by atoms with Crippen molar-refractivity contribution in [1.82, 2.24) is 0 Å². The summed E-state index contributed by atoms with van der Waals surface area (Å²) in [5, 5.41) is 13.8. The quantitative estimate of drug-likeness (QED) is 0.746. The smallest absolute Gasteiger partial charge is 0.291 e. The van der Waals surface area contributed by atoms with Crippen LogP contribution in [0, 0.1) is 5.82 Å². The fourth-order valence-electron chi connectivity index (χ4n) is 5.29. The van der Waals surface area contributed by atoms with E-state index in [0.29, 0.717) is 12.2 Å². The first kappa shape index (κ1) is 17.9. The Morgan fingerprint density at radius 3 is 2.36 bits per heavy atom. The Labute approximate surface area is 164 Å². The number of furan rings is 1. The van der Waals surface area contributed by atoms with Gasteiger partial charge in [-0.15, -0.1) is 0 Å². The van der Waals surface area contributed by atoms with Gasteiger partial charge >= 0.3 is 0 Å². The van der Waals surface area contributed by atoms with Crippen LogP contribution in [0.1, 0.15) is 83.2 Å². The maximum Gasteiger partial charge on any atom is 0.291 e. The molecule has 0 spiro atoms. The van der Waals surface area contributed by atoms with Gasteiger partial charge < -0.3 is 14.8 Å². The molecule has 1 heterocycles. The number of hydrogen-bond donors (Lipinski definition) is 2. The number of benzene rings is 1. The van der Waals surface area contributed by atoms with Crippen molar-refractivity contribution in [3.05, 3.63) is 51.2 Å². The van der Waals surface area contributed by atoms with Gasteiger partial charge in [-0.3, -0.25) is 4.79 Å². The van der Waals surface area contributed by atoms with E-state index in [2.05, 4.69) is 5.32 Å². The molecule has 0 bridgehead atoms. The average molecular weight is 383 g/mol. The van der Waals surface area contributed by atoms with Crippen LogP contribution in [0.15, 0.2) is 10.5 Å². The number of halogens is 1. The highest BCUT2D eigenvalue weighted by molar-refractivity contribution is 6.03. The van der Waals surface area contributed by atoms with Gasteiger partial charge in [0, 0.05) is 17.7 Å². The number of nitrogens with one attached hydrogen (secondary N) is 1. The Hall–Kier alpha value is -2.14. The number of carbonyl (C=O) groups excluding carboxylic acids is 1. The van der Waals surface area contributed by atoms with Crippen LogP contribution in [0.25, 0.3) is 0 Å². The van der Waals surface area contributed by atoms with Gasteiger partial charge in [-0.1, -0.05) is 0 Å². The van der Waals surface area contributed by atoms with Gasteiger partial charge in [0.25, 0.3) is 5.91 Å². The van der Waals surface area contributed by atoms with Crippen molar-refractivity contribution in [1.29, 1.82) is 0 Å². The zero-order chi connectivity index (χ0) is 19.5. The predicted molar refractivity (Wildman–Crippen MR) is 104 cm³/mol. The van der Waals surface area contributed by atoms with Gasteiger partial charge in [-0.25, -0.2) is 4.39 Å². The molecule has 5 rings (SSSR count). The van der Waals surface area contributed by atoms with Crippen molar-refractivity contribution in [2.45, 2.75) is 76.7 Å². The lowest BCUT2D eigenvalue weighted by Crippen LogP contribution is -2.20. The summed E-state index contributed by atoms with van der Waals surface area (Å²) < 4.78 is 20.7. The third kappa shape index (κ3) is 2.71. The minimum atomic E-state index is -0.966. The number of rotatable bonds is 2. The monoisotopic (exact) mass is 383 g/mol. The number of amides is 1. The second kappa shape index (κ2) is 6.45. The van der Waals surface area contributed by atoms with E-state index in [0.717, 1.165) is 91.3 Å². The molecule has 4 nitrogen and oxygen atoms in total. The largest absolute Gasteiger partial charge is 0.456 e. The van der Waals surface area contributed by atoms with Crippen molar-refractivity contribution in [3.8, 4) is 0 Å². The molecule has 3 aliphatic rings. The molecule has 5 heteroatoms. The molecule has 0 aliphatic heterocycles. The first-order chi connectivity index (χ1) is 13.5. The molecule has 2 N–H and O–H groups in total. The average Bonchev–Trinajstić information content (AvgIpc) is 3.40. The van der Waals surface area contributed by atoms with E-state index < -0.39 is 5.60 Å². The second-order valence-electron chi connectivity index (χ2n) is 8.69. The molecular weight excluding hydrogens is 357 g/mol. The van der Waals surface area contributed by atoms with E-state index in [-0.39, 0.29) is 17.5 Å². The minimum Gasteiger partial charge on any atom is -0.456 e. The molecular formula is C23H26FNO3. The zero-order valence-corrected chi connectivity index (χ0v) is 16.3. The molecule has 1 amide bonds. The number of fused-ring (bicyclic) bond motifs is 3. The van der Waals surface area contributed by atoms with Crippen LogP contribution in [-0.2, 0) is 37.7 Å². The number of carbonyl (C=O) groups is 1. The van der Waals surface area contributed by atoms with Crippen molar-refractivity contribution in [2.24, 2.45) is 0 Å². The van der Waals surface area contributed by atoms with E-state index in [1.165, 1.54) is 0 Å². The topological polar surface area (TPSA) is 62.5 Å². The molecule has 0 saturated carbocycles. The van der Waals surface area contributed by atoms with Gasteiger partial charge in [-0.05, 0) is 93.0 Å². The first-order valence-electron chi connectivity index (χ1n) is 10.5. The summed E-state index contributed by atoms with van der Waals surface area (Å²) in [7, 11) is 0. The highest BCUT2D eigenvalue weighted by Crippen LogP contribution is 2.41. The molecule has 148 valence electrons. The molecule has 3 aliphatic carbocycles. The van der Waals surface area contributed by atoms with Crippen LogP contribution >= 0.6 is 0 Å². The minimum absolute atomic E-state index is 0.0428. The predicted octanol–water partition coefficient (Wildman–Crippen LogP) is 4.58. The van der Waals surface area contributed by atoms with Crippen molar-refractivity contribution < 1.29 is 18.7 Å². The van der Waals surface area contributed by atoms with E-state index in [9.17, 15) is 14.3 Å². The van der Waals surface area contributed by atoms with Crippen molar-refractivity contribution in [2.75, 3.05) is 5.32 Å². The molecule has 1 unspecified atom stereocenters. The maximum atomic E-state index is 14.8. The van der Waals surface area contributed by atoms with Crippen LogP contribution in [-0.4, -0.2) is 11.0 Å². The Morgan fingerprint density at radius 2 is 1.68 bits per heavy atom. The fourth-order valence-corrected chi connectivity index (χ4v) is 5.29. The third-order valence-electron chi connectivity index (χ3n) is 6.74. The van der Waals surface area contributed by atoms with Crippen LogP contribution < -0.4 is 5.32 Å². The van der Waals surface area contributed by atoms with Gasteiger partial charge in [0.05, 0.1) is 5.60 Å². The van der Waals surface area contributed by atoms with Crippen molar-refractivity contribution in [3.63, 3.8) is 0 Å². The van der Waals surface area contributed by atoms with E-state index in [1.807, 2.05) is 0 Å². The number of aryl methyl sites for hydroxylation is 1. The lowest BCUT2D eigenvalue weighted by Gasteiger charge is -2.20. The molecule has 2 aromatic rings. The Balaban J connectivity index is 1.51. The molecule has 28 heavy (non-hydrogen) atoms. The molecule has 0 fully saturated rings. The van der Waals surface area contributed by atoms with Crippen molar-refractivity contribution >= 4 is 11.6 Å². The second-order valence-corrected chi connectivity index (χ2v) is 8.69. The number of hydrogen-bond acceptors (Lipinski definition) is 3. The summed E-state index contributed by atoms with van der Waals surface area (Å²) in [5.41, 5.74) is 4.07. The van der Waals surface area contributed by atoms with Crippen LogP contribution in [0.5, 0.6) is 0 Å². The van der Waals surface area contributed by atoms with Crippen LogP contribution in [0.3, 0.4) is 0 Å². The summed E-state index contributed by atoms with van der Waals surface area (Å²) in [6.45, 7) is 1.79.